The Morgan fingerprint density at radius 1 is 1.14 bits per heavy atom. The molecule has 2 rings (SSSR count). The van der Waals surface area contributed by atoms with Crippen LogP contribution in [-0.4, -0.2) is 19.0 Å². The first-order valence-electron chi connectivity index (χ1n) is 7.50. The van der Waals surface area contributed by atoms with E-state index in [1.54, 1.807) is 0 Å². The Morgan fingerprint density at radius 3 is 2.38 bits per heavy atom. The third-order valence-electron chi connectivity index (χ3n) is 4.23. The fourth-order valence-electron chi connectivity index (χ4n) is 2.90. The Balaban J connectivity index is 2.13. The van der Waals surface area contributed by atoms with Gasteiger partial charge in [-0.05, 0) is 30.9 Å². The fourth-order valence-corrected chi connectivity index (χ4v) is 2.90. The van der Waals surface area contributed by atoms with Gasteiger partial charge in [-0.1, -0.05) is 26.2 Å². The summed E-state index contributed by atoms with van der Waals surface area (Å²) in [5.74, 6) is -1.52. The molecule has 3 nitrogen and oxygen atoms in total. The van der Waals surface area contributed by atoms with Gasteiger partial charge in [-0.15, -0.1) is 0 Å². The number of amides is 1. The zero-order valence-corrected chi connectivity index (χ0v) is 12.5. The Morgan fingerprint density at radius 2 is 1.76 bits per heavy atom. The van der Waals surface area contributed by atoms with Crippen LogP contribution in [0, 0.1) is 17.6 Å². The second-order valence-corrected chi connectivity index (χ2v) is 5.76. The van der Waals surface area contributed by atoms with E-state index >= 15 is 0 Å². The first-order chi connectivity index (χ1) is 10.0. The van der Waals surface area contributed by atoms with Gasteiger partial charge in [-0.3, -0.25) is 4.79 Å². The van der Waals surface area contributed by atoms with E-state index in [0.717, 1.165) is 31.4 Å². The molecule has 2 unspecified atom stereocenters. The molecule has 0 bridgehead atoms. The summed E-state index contributed by atoms with van der Waals surface area (Å²) in [7, 11) is 1.44. The average molecular weight is 296 g/mol. The van der Waals surface area contributed by atoms with Gasteiger partial charge in [-0.25, -0.2) is 8.78 Å². The van der Waals surface area contributed by atoms with Crippen LogP contribution in [-0.2, 0) is 0 Å². The highest BCUT2D eigenvalue weighted by atomic mass is 19.1. The lowest BCUT2D eigenvalue weighted by atomic mass is 9.96. The van der Waals surface area contributed by atoms with Crippen molar-refractivity contribution >= 4 is 11.6 Å². The van der Waals surface area contributed by atoms with Gasteiger partial charge >= 0.3 is 0 Å². The normalized spacial score (nSPS) is 22.5. The lowest BCUT2D eigenvalue weighted by molar-refractivity contribution is 0.0920. The topological polar surface area (TPSA) is 41.1 Å². The Bertz CT molecular complexity index is 496. The maximum Gasteiger partial charge on any atom is 0.251 e. The molecule has 1 fully saturated rings. The van der Waals surface area contributed by atoms with E-state index in [4.69, 9.17) is 0 Å². The van der Waals surface area contributed by atoms with Crippen molar-refractivity contribution in [1.29, 1.82) is 0 Å². The second kappa shape index (κ2) is 6.87. The highest BCUT2D eigenvalue weighted by Gasteiger charge is 2.23. The van der Waals surface area contributed by atoms with Crippen molar-refractivity contribution in [3.05, 3.63) is 29.3 Å². The van der Waals surface area contributed by atoms with Gasteiger partial charge in [0.2, 0.25) is 0 Å². The van der Waals surface area contributed by atoms with Crippen molar-refractivity contribution in [2.75, 3.05) is 12.4 Å². The molecule has 1 aromatic carbocycles. The van der Waals surface area contributed by atoms with Crippen molar-refractivity contribution < 1.29 is 13.6 Å². The van der Waals surface area contributed by atoms with Gasteiger partial charge in [0.15, 0.2) is 0 Å². The molecule has 0 radical (unpaired) electrons. The van der Waals surface area contributed by atoms with Gasteiger partial charge in [0, 0.05) is 18.7 Å². The molecule has 1 aliphatic carbocycles. The standard InChI is InChI=1S/C16H22F2N2O/c1-10-6-4-3-5-7-14(10)20-16(21)11-8-12(17)15(19-2)13(18)9-11/h8-10,14,19H,3-7H2,1-2H3,(H,20,21). The van der Waals surface area contributed by atoms with Gasteiger partial charge < -0.3 is 10.6 Å². The molecule has 1 saturated carbocycles. The summed E-state index contributed by atoms with van der Waals surface area (Å²) in [5.41, 5.74) is -0.185. The molecule has 0 saturated heterocycles. The summed E-state index contributed by atoms with van der Waals surface area (Å²) < 4.78 is 27.4. The first kappa shape index (κ1) is 15.7. The minimum absolute atomic E-state index is 0.0282. The van der Waals surface area contributed by atoms with Crippen molar-refractivity contribution in [3.8, 4) is 0 Å². The minimum Gasteiger partial charge on any atom is -0.383 e. The number of anilines is 1. The van der Waals surface area contributed by atoms with Crippen LogP contribution in [0.3, 0.4) is 0 Å². The molecule has 2 N–H and O–H groups in total. The monoisotopic (exact) mass is 296 g/mol. The molecule has 0 aliphatic heterocycles. The van der Waals surface area contributed by atoms with Crippen LogP contribution in [0.4, 0.5) is 14.5 Å². The first-order valence-corrected chi connectivity index (χ1v) is 7.50. The lowest BCUT2D eigenvalue weighted by Gasteiger charge is -2.23. The summed E-state index contributed by atoms with van der Waals surface area (Å²) >= 11 is 0. The third-order valence-corrected chi connectivity index (χ3v) is 4.23. The van der Waals surface area contributed by atoms with Gasteiger partial charge in [0.1, 0.15) is 17.3 Å². The summed E-state index contributed by atoms with van der Waals surface area (Å²) in [5, 5.41) is 5.37. The van der Waals surface area contributed by atoms with E-state index in [0.29, 0.717) is 5.92 Å². The van der Waals surface area contributed by atoms with Crippen molar-refractivity contribution in [3.63, 3.8) is 0 Å². The summed E-state index contributed by atoms with van der Waals surface area (Å²) in [6.45, 7) is 2.11. The Kier molecular flexibility index (Phi) is 5.15. The second-order valence-electron chi connectivity index (χ2n) is 5.76. The number of hydrogen-bond donors (Lipinski definition) is 2. The number of carbonyl (C=O) groups excluding carboxylic acids is 1. The number of carbonyl (C=O) groups is 1. The quantitative estimate of drug-likeness (QED) is 0.835. The molecule has 1 aliphatic rings. The highest BCUT2D eigenvalue weighted by Crippen LogP contribution is 2.24. The maximum atomic E-state index is 13.7. The van der Waals surface area contributed by atoms with E-state index in [9.17, 15) is 13.6 Å². The SMILES string of the molecule is CNc1c(F)cc(C(=O)NC2CCCCCC2C)cc1F. The Hall–Kier alpha value is -1.65. The van der Waals surface area contributed by atoms with Crippen molar-refractivity contribution in [1.82, 2.24) is 5.32 Å². The zero-order chi connectivity index (χ0) is 15.4. The number of rotatable bonds is 3. The third kappa shape index (κ3) is 3.71. The molecule has 0 heterocycles. The van der Waals surface area contributed by atoms with Crippen LogP contribution in [0.2, 0.25) is 0 Å². The molecular weight excluding hydrogens is 274 g/mol. The van der Waals surface area contributed by atoms with Crippen molar-refractivity contribution in [2.24, 2.45) is 5.92 Å². The van der Waals surface area contributed by atoms with Crippen LogP contribution in [0.25, 0.3) is 0 Å². The maximum absolute atomic E-state index is 13.7. The predicted molar refractivity (Wildman–Crippen MR) is 79.4 cm³/mol. The summed E-state index contributed by atoms with van der Waals surface area (Å²) in [6.07, 6.45) is 5.43. The van der Waals surface area contributed by atoms with Crippen LogP contribution in [0.5, 0.6) is 0 Å². The predicted octanol–water partition coefficient (Wildman–Crippen LogP) is 3.71. The smallest absolute Gasteiger partial charge is 0.251 e. The van der Waals surface area contributed by atoms with Gasteiger partial charge in [0.25, 0.3) is 5.91 Å². The highest BCUT2D eigenvalue weighted by molar-refractivity contribution is 5.94. The van der Waals surface area contributed by atoms with Gasteiger partial charge in [-0.2, -0.15) is 0 Å². The number of hydrogen-bond acceptors (Lipinski definition) is 2. The summed E-state index contributed by atoms with van der Waals surface area (Å²) in [4.78, 5) is 12.2. The van der Waals surface area contributed by atoms with Crippen LogP contribution in [0.1, 0.15) is 49.4 Å². The van der Waals surface area contributed by atoms with E-state index in [-0.39, 0.29) is 17.3 Å². The van der Waals surface area contributed by atoms with E-state index < -0.39 is 17.5 Å². The number of halogens is 2. The van der Waals surface area contributed by atoms with E-state index in [2.05, 4.69) is 17.6 Å². The number of benzene rings is 1. The molecule has 21 heavy (non-hydrogen) atoms. The molecule has 1 amide bonds. The molecule has 0 spiro atoms. The molecule has 5 heteroatoms. The minimum atomic E-state index is -0.753. The lowest BCUT2D eigenvalue weighted by Crippen LogP contribution is -2.38. The fraction of sp³-hybridized carbons (Fsp3) is 0.562. The molecule has 116 valence electrons. The average Bonchev–Trinajstić information content (AvgIpc) is 2.63. The zero-order valence-electron chi connectivity index (χ0n) is 12.5. The van der Waals surface area contributed by atoms with Crippen LogP contribution >= 0.6 is 0 Å². The molecular formula is C16H22F2N2O. The molecule has 0 aromatic heterocycles. The van der Waals surface area contributed by atoms with Crippen molar-refractivity contribution in [2.45, 2.75) is 45.1 Å². The Labute approximate surface area is 124 Å². The largest absolute Gasteiger partial charge is 0.383 e. The molecule has 2 atom stereocenters. The van der Waals surface area contributed by atoms with E-state index in [1.165, 1.54) is 19.9 Å². The van der Waals surface area contributed by atoms with Gasteiger partial charge in [0.05, 0.1) is 0 Å². The van der Waals surface area contributed by atoms with Crippen LogP contribution < -0.4 is 10.6 Å². The molecule has 1 aromatic rings. The number of nitrogens with one attached hydrogen (secondary N) is 2. The van der Waals surface area contributed by atoms with Crippen LogP contribution in [0.15, 0.2) is 12.1 Å². The van der Waals surface area contributed by atoms with E-state index in [1.807, 2.05) is 0 Å². The summed E-state index contributed by atoms with van der Waals surface area (Å²) in [6, 6.07) is 2.23.